The number of Topliss-reactive ketones (excluding diaryl/α,β-unsaturated/α-hetero) is 1. The Balaban J connectivity index is 1.75. The SMILES string of the molecule is COc1ccc(OC)c([C@@H]2C(C(=O)c3ccco3)=C(O)C(=O)N2c2nc3c(C)cc(C)cc3s2)c1. The average Bonchev–Trinajstić information content (AvgIpc) is 3.57. The van der Waals surface area contributed by atoms with E-state index in [-0.39, 0.29) is 11.3 Å². The Hall–Kier alpha value is -4.11. The van der Waals surface area contributed by atoms with Crippen LogP contribution in [0.15, 0.2) is 64.5 Å². The summed E-state index contributed by atoms with van der Waals surface area (Å²) < 4.78 is 17.2. The number of rotatable bonds is 6. The van der Waals surface area contributed by atoms with Crippen LogP contribution in [0.1, 0.15) is 33.3 Å². The number of ether oxygens (including phenoxy) is 2. The smallest absolute Gasteiger partial charge is 0.296 e. The first-order valence-electron chi connectivity index (χ1n) is 10.8. The van der Waals surface area contributed by atoms with Gasteiger partial charge >= 0.3 is 0 Å². The highest BCUT2D eigenvalue weighted by atomic mass is 32.1. The number of hydrogen-bond donors (Lipinski definition) is 1. The molecule has 5 rings (SSSR count). The number of benzene rings is 2. The van der Waals surface area contributed by atoms with Gasteiger partial charge in [-0.25, -0.2) is 4.98 Å². The number of thiazole rings is 1. The molecule has 0 saturated heterocycles. The fraction of sp³-hybridized carbons (Fsp3) is 0.192. The Morgan fingerprint density at radius 3 is 2.63 bits per heavy atom. The number of aromatic nitrogens is 1. The first-order chi connectivity index (χ1) is 16.8. The van der Waals surface area contributed by atoms with Gasteiger partial charge in [0.15, 0.2) is 16.7 Å². The highest BCUT2D eigenvalue weighted by Gasteiger charge is 2.47. The van der Waals surface area contributed by atoms with E-state index in [1.165, 1.54) is 42.8 Å². The standard InChI is InChI=1S/C26H22N2O6S/c1-13-10-14(2)21-19(11-13)35-26(27-21)28-22(16-12-15(32-3)7-8-17(16)33-4)20(24(30)25(28)31)23(29)18-6-5-9-34-18/h5-12,22,30H,1-4H3/t22-/m1/s1. The van der Waals surface area contributed by atoms with Crippen molar-refractivity contribution in [3.8, 4) is 11.5 Å². The van der Waals surface area contributed by atoms with Gasteiger partial charge in [0, 0.05) is 5.56 Å². The van der Waals surface area contributed by atoms with E-state index in [9.17, 15) is 14.7 Å². The normalized spacial score (nSPS) is 15.8. The van der Waals surface area contributed by atoms with Crippen molar-refractivity contribution in [1.29, 1.82) is 0 Å². The Morgan fingerprint density at radius 1 is 1.14 bits per heavy atom. The van der Waals surface area contributed by atoms with Crippen LogP contribution in [0.25, 0.3) is 10.2 Å². The van der Waals surface area contributed by atoms with Crippen molar-refractivity contribution < 1.29 is 28.6 Å². The van der Waals surface area contributed by atoms with E-state index in [0.717, 1.165) is 21.3 Å². The molecule has 1 amide bonds. The van der Waals surface area contributed by atoms with Gasteiger partial charge in [-0.3, -0.25) is 14.5 Å². The van der Waals surface area contributed by atoms with Crippen molar-refractivity contribution in [2.75, 3.05) is 19.1 Å². The number of amides is 1. The van der Waals surface area contributed by atoms with E-state index in [2.05, 4.69) is 0 Å². The summed E-state index contributed by atoms with van der Waals surface area (Å²) in [5.74, 6) is -1.08. The molecule has 0 fully saturated rings. The second-order valence-corrected chi connectivity index (χ2v) is 9.19. The number of carbonyl (C=O) groups excluding carboxylic acids is 2. The van der Waals surface area contributed by atoms with E-state index < -0.39 is 23.5 Å². The summed E-state index contributed by atoms with van der Waals surface area (Å²) in [6.45, 7) is 3.94. The minimum atomic E-state index is -1.02. The van der Waals surface area contributed by atoms with Crippen molar-refractivity contribution in [2.24, 2.45) is 0 Å². The zero-order valence-corrected chi connectivity index (χ0v) is 20.3. The molecule has 35 heavy (non-hydrogen) atoms. The van der Waals surface area contributed by atoms with Crippen LogP contribution in [0.3, 0.4) is 0 Å². The Bertz CT molecular complexity index is 1500. The average molecular weight is 491 g/mol. The number of anilines is 1. The molecule has 0 unspecified atom stereocenters. The molecule has 0 aliphatic carbocycles. The molecule has 0 radical (unpaired) electrons. The van der Waals surface area contributed by atoms with Crippen LogP contribution in [0, 0.1) is 13.8 Å². The molecule has 178 valence electrons. The van der Waals surface area contributed by atoms with Gasteiger partial charge in [-0.1, -0.05) is 17.4 Å². The van der Waals surface area contributed by atoms with Gasteiger partial charge < -0.3 is 19.0 Å². The number of aliphatic hydroxyl groups excluding tert-OH is 1. The molecule has 3 heterocycles. The first kappa shape index (κ1) is 22.7. The number of aliphatic hydroxyl groups is 1. The van der Waals surface area contributed by atoms with Gasteiger partial charge in [0.2, 0.25) is 5.78 Å². The second kappa shape index (κ2) is 8.59. The summed E-state index contributed by atoms with van der Waals surface area (Å²) in [5, 5.41) is 11.3. The maximum atomic E-state index is 13.5. The quantitative estimate of drug-likeness (QED) is 0.366. The molecular formula is C26H22N2O6S. The molecule has 1 aliphatic rings. The number of furan rings is 1. The number of hydrogen-bond acceptors (Lipinski definition) is 8. The van der Waals surface area contributed by atoms with Crippen LogP contribution < -0.4 is 14.4 Å². The molecule has 0 spiro atoms. The molecule has 2 aromatic carbocycles. The highest BCUT2D eigenvalue weighted by Crippen LogP contribution is 2.47. The molecule has 8 nitrogen and oxygen atoms in total. The molecule has 2 aromatic heterocycles. The second-order valence-electron chi connectivity index (χ2n) is 8.18. The lowest BCUT2D eigenvalue weighted by Crippen LogP contribution is -2.31. The van der Waals surface area contributed by atoms with Gasteiger partial charge in [0.25, 0.3) is 5.91 Å². The van der Waals surface area contributed by atoms with E-state index in [1.54, 1.807) is 24.3 Å². The maximum Gasteiger partial charge on any atom is 0.296 e. The van der Waals surface area contributed by atoms with Gasteiger partial charge in [0.05, 0.1) is 36.3 Å². The third kappa shape index (κ3) is 3.64. The molecule has 0 saturated carbocycles. The highest BCUT2D eigenvalue weighted by molar-refractivity contribution is 7.22. The topological polar surface area (TPSA) is 102 Å². The minimum absolute atomic E-state index is 0.00355. The molecular weight excluding hydrogens is 468 g/mol. The van der Waals surface area contributed by atoms with Crippen molar-refractivity contribution >= 4 is 38.4 Å². The zero-order valence-electron chi connectivity index (χ0n) is 19.5. The van der Waals surface area contributed by atoms with Crippen LogP contribution in [0.4, 0.5) is 5.13 Å². The monoisotopic (exact) mass is 490 g/mol. The van der Waals surface area contributed by atoms with Gasteiger partial charge in [-0.05, 0) is 61.4 Å². The third-order valence-electron chi connectivity index (χ3n) is 5.95. The van der Waals surface area contributed by atoms with Crippen LogP contribution in [-0.4, -0.2) is 36.0 Å². The molecule has 0 bridgehead atoms. The summed E-state index contributed by atoms with van der Waals surface area (Å²) in [5.41, 5.74) is 3.13. The molecule has 9 heteroatoms. The largest absolute Gasteiger partial charge is 0.503 e. The summed E-state index contributed by atoms with van der Waals surface area (Å²) in [7, 11) is 3.01. The van der Waals surface area contributed by atoms with Crippen molar-refractivity contribution in [3.63, 3.8) is 0 Å². The molecule has 4 aromatic rings. The number of carbonyl (C=O) groups is 2. The summed E-state index contributed by atoms with van der Waals surface area (Å²) in [4.78, 5) is 33.0. The predicted molar refractivity (Wildman–Crippen MR) is 132 cm³/mol. The summed E-state index contributed by atoms with van der Waals surface area (Å²) in [6.07, 6.45) is 1.36. The van der Waals surface area contributed by atoms with Crippen LogP contribution in [0.5, 0.6) is 11.5 Å². The fourth-order valence-electron chi connectivity index (χ4n) is 4.38. The molecule has 1 N–H and O–H groups in total. The molecule has 1 atom stereocenters. The first-order valence-corrected chi connectivity index (χ1v) is 11.6. The Kier molecular flexibility index (Phi) is 5.56. The Labute approximate surface area is 205 Å². The molecule has 1 aliphatic heterocycles. The number of methoxy groups -OCH3 is 2. The lowest BCUT2D eigenvalue weighted by molar-refractivity contribution is -0.117. The number of nitrogens with zero attached hydrogens (tertiary/aromatic N) is 2. The lowest BCUT2D eigenvalue weighted by Gasteiger charge is -2.26. The van der Waals surface area contributed by atoms with Crippen LogP contribution in [0.2, 0.25) is 0 Å². The fourth-order valence-corrected chi connectivity index (χ4v) is 5.55. The van der Waals surface area contributed by atoms with E-state index in [1.807, 2.05) is 26.0 Å². The van der Waals surface area contributed by atoms with Crippen molar-refractivity contribution in [2.45, 2.75) is 19.9 Å². The Morgan fingerprint density at radius 2 is 1.94 bits per heavy atom. The van der Waals surface area contributed by atoms with Crippen LogP contribution in [-0.2, 0) is 4.79 Å². The van der Waals surface area contributed by atoms with E-state index in [4.69, 9.17) is 18.9 Å². The number of aryl methyl sites for hydroxylation is 2. The maximum absolute atomic E-state index is 13.5. The summed E-state index contributed by atoms with van der Waals surface area (Å²) in [6, 6.07) is 11.1. The lowest BCUT2D eigenvalue weighted by atomic mass is 9.94. The summed E-state index contributed by atoms with van der Waals surface area (Å²) >= 11 is 1.31. The minimum Gasteiger partial charge on any atom is -0.503 e. The number of fused-ring (bicyclic) bond motifs is 1. The third-order valence-corrected chi connectivity index (χ3v) is 6.96. The number of ketones is 1. The van der Waals surface area contributed by atoms with Crippen molar-refractivity contribution in [3.05, 3.63) is 82.5 Å². The van der Waals surface area contributed by atoms with E-state index >= 15 is 0 Å². The zero-order chi connectivity index (χ0) is 24.9. The van der Waals surface area contributed by atoms with Crippen molar-refractivity contribution in [1.82, 2.24) is 4.98 Å². The van der Waals surface area contributed by atoms with Gasteiger partial charge in [-0.15, -0.1) is 0 Å². The van der Waals surface area contributed by atoms with Crippen LogP contribution >= 0.6 is 11.3 Å². The predicted octanol–water partition coefficient (Wildman–Crippen LogP) is 5.31. The van der Waals surface area contributed by atoms with Gasteiger partial charge in [0.1, 0.15) is 17.5 Å². The van der Waals surface area contributed by atoms with E-state index in [0.29, 0.717) is 22.2 Å². The van der Waals surface area contributed by atoms with Gasteiger partial charge in [-0.2, -0.15) is 0 Å².